The monoisotopic (exact) mass is 249 g/mol. The Kier molecular flexibility index (Phi) is 3.88. The molecule has 1 atom stereocenters. The number of hydrogen-bond acceptors (Lipinski definition) is 4. The average Bonchev–Trinajstić information content (AvgIpc) is 2.39. The van der Waals surface area contributed by atoms with Crippen LogP contribution in [0.25, 0.3) is 0 Å². The Balaban J connectivity index is 2.34. The molecule has 0 aliphatic heterocycles. The van der Waals surface area contributed by atoms with E-state index in [1.54, 1.807) is 18.5 Å². The lowest BCUT2D eigenvalue weighted by molar-refractivity contribution is -0.0333. The van der Waals surface area contributed by atoms with Crippen LogP contribution in [-0.4, -0.2) is 34.6 Å². The molecule has 0 bridgehead atoms. The largest absolute Gasteiger partial charge is 0.398 e. The zero-order valence-corrected chi connectivity index (χ0v) is 11.3. The Morgan fingerprint density at radius 3 is 2.56 bits per heavy atom. The molecular formula is C14H23N3O. The number of pyridine rings is 1. The first kappa shape index (κ1) is 13.3. The molecule has 0 radical (unpaired) electrons. The number of aromatic nitrogens is 1. The number of anilines is 1. The lowest BCUT2D eigenvalue weighted by atomic mass is 9.74. The van der Waals surface area contributed by atoms with Crippen molar-refractivity contribution in [2.24, 2.45) is 0 Å². The molecule has 3 N–H and O–H groups in total. The van der Waals surface area contributed by atoms with Crippen molar-refractivity contribution in [3.63, 3.8) is 0 Å². The maximum Gasteiger partial charge on any atom is 0.101 e. The summed E-state index contributed by atoms with van der Waals surface area (Å²) in [6.07, 6.45) is 8.39. The fourth-order valence-corrected chi connectivity index (χ4v) is 3.06. The number of aliphatic hydroxyl groups excluding tert-OH is 1. The van der Waals surface area contributed by atoms with Gasteiger partial charge in [0.2, 0.25) is 0 Å². The molecule has 100 valence electrons. The first-order valence-corrected chi connectivity index (χ1v) is 6.63. The van der Waals surface area contributed by atoms with Gasteiger partial charge in [-0.1, -0.05) is 19.3 Å². The van der Waals surface area contributed by atoms with Crippen LogP contribution in [0.5, 0.6) is 0 Å². The van der Waals surface area contributed by atoms with Gasteiger partial charge in [0.1, 0.15) is 6.10 Å². The summed E-state index contributed by atoms with van der Waals surface area (Å²) in [6.45, 7) is 0. The van der Waals surface area contributed by atoms with E-state index in [2.05, 4.69) is 9.88 Å². The minimum absolute atomic E-state index is 0.199. The normalized spacial score (nSPS) is 20.9. The van der Waals surface area contributed by atoms with E-state index in [4.69, 9.17) is 5.73 Å². The molecule has 1 fully saturated rings. The van der Waals surface area contributed by atoms with Crippen molar-refractivity contribution < 1.29 is 5.11 Å². The predicted molar refractivity (Wildman–Crippen MR) is 73.1 cm³/mol. The molecule has 1 aliphatic carbocycles. The second-order valence-corrected chi connectivity index (χ2v) is 5.47. The van der Waals surface area contributed by atoms with Gasteiger partial charge in [-0.05, 0) is 33.0 Å². The fraction of sp³-hybridized carbons (Fsp3) is 0.643. The summed E-state index contributed by atoms with van der Waals surface area (Å²) in [4.78, 5) is 6.25. The van der Waals surface area contributed by atoms with Gasteiger partial charge in [0.25, 0.3) is 0 Å². The Morgan fingerprint density at radius 1 is 1.33 bits per heavy atom. The molecule has 0 amide bonds. The van der Waals surface area contributed by atoms with Crippen molar-refractivity contribution in [3.8, 4) is 0 Å². The van der Waals surface area contributed by atoms with Crippen LogP contribution in [0.4, 0.5) is 5.69 Å². The van der Waals surface area contributed by atoms with Gasteiger partial charge in [0.05, 0.1) is 5.54 Å². The van der Waals surface area contributed by atoms with Gasteiger partial charge < -0.3 is 15.7 Å². The molecular weight excluding hydrogens is 226 g/mol. The van der Waals surface area contributed by atoms with Crippen LogP contribution in [0.15, 0.2) is 18.5 Å². The fourth-order valence-electron chi connectivity index (χ4n) is 3.06. The second kappa shape index (κ2) is 5.24. The third-order valence-electron chi connectivity index (χ3n) is 4.30. The standard InChI is InChI=1S/C14H23N3O/c1-17(2)14(7-4-3-5-8-14)13(18)11-10-16-9-6-12(11)15/h6,9-10,13,18H,3-5,7-8H2,1-2H3,(H2,15,16). The van der Waals surface area contributed by atoms with Gasteiger partial charge in [-0.15, -0.1) is 0 Å². The SMILES string of the molecule is CN(C)C1(C(O)c2cnccc2N)CCCCC1. The molecule has 4 nitrogen and oxygen atoms in total. The van der Waals surface area contributed by atoms with Gasteiger partial charge in [0.15, 0.2) is 0 Å². The number of aliphatic hydroxyl groups is 1. The number of hydrogen-bond donors (Lipinski definition) is 2. The molecule has 4 heteroatoms. The lowest BCUT2D eigenvalue weighted by Gasteiger charge is -2.46. The minimum atomic E-state index is -0.568. The summed E-state index contributed by atoms with van der Waals surface area (Å²) in [5.41, 5.74) is 7.16. The van der Waals surface area contributed by atoms with Crippen molar-refractivity contribution >= 4 is 5.69 Å². The van der Waals surface area contributed by atoms with Crippen molar-refractivity contribution in [1.82, 2.24) is 9.88 Å². The first-order valence-electron chi connectivity index (χ1n) is 6.63. The van der Waals surface area contributed by atoms with Crippen LogP contribution in [0, 0.1) is 0 Å². The topological polar surface area (TPSA) is 62.4 Å². The highest BCUT2D eigenvalue weighted by molar-refractivity contribution is 5.46. The highest BCUT2D eigenvalue weighted by Gasteiger charge is 2.42. The van der Waals surface area contributed by atoms with Gasteiger partial charge in [0, 0.05) is 23.6 Å². The summed E-state index contributed by atoms with van der Waals surface area (Å²) in [5.74, 6) is 0. The van der Waals surface area contributed by atoms with Crippen LogP contribution in [-0.2, 0) is 0 Å². The van der Waals surface area contributed by atoms with Crippen molar-refractivity contribution in [2.45, 2.75) is 43.7 Å². The van der Waals surface area contributed by atoms with E-state index in [0.29, 0.717) is 5.69 Å². The van der Waals surface area contributed by atoms with Crippen LogP contribution in [0.3, 0.4) is 0 Å². The smallest absolute Gasteiger partial charge is 0.101 e. The van der Waals surface area contributed by atoms with E-state index in [1.807, 2.05) is 14.1 Å². The second-order valence-electron chi connectivity index (χ2n) is 5.47. The van der Waals surface area contributed by atoms with E-state index >= 15 is 0 Å². The molecule has 1 saturated carbocycles. The van der Waals surface area contributed by atoms with Gasteiger partial charge in [-0.25, -0.2) is 0 Å². The van der Waals surface area contributed by atoms with Gasteiger partial charge in [-0.3, -0.25) is 4.98 Å². The maximum atomic E-state index is 10.8. The Hall–Kier alpha value is -1.13. The Morgan fingerprint density at radius 2 is 2.00 bits per heavy atom. The third-order valence-corrected chi connectivity index (χ3v) is 4.30. The molecule has 1 aliphatic rings. The molecule has 1 aromatic rings. The summed E-state index contributed by atoms with van der Waals surface area (Å²) >= 11 is 0. The van der Waals surface area contributed by atoms with E-state index in [0.717, 1.165) is 31.2 Å². The Bertz CT molecular complexity index is 400. The van der Waals surface area contributed by atoms with Crippen molar-refractivity contribution in [1.29, 1.82) is 0 Å². The zero-order valence-electron chi connectivity index (χ0n) is 11.3. The van der Waals surface area contributed by atoms with Crippen LogP contribution < -0.4 is 5.73 Å². The molecule has 0 saturated heterocycles. The number of nitrogens with zero attached hydrogens (tertiary/aromatic N) is 2. The number of nitrogens with two attached hydrogens (primary N) is 1. The maximum absolute atomic E-state index is 10.8. The summed E-state index contributed by atoms with van der Waals surface area (Å²) in [6, 6.07) is 1.75. The summed E-state index contributed by atoms with van der Waals surface area (Å²) in [5, 5.41) is 10.8. The van der Waals surface area contributed by atoms with E-state index in [1.165, 1.54) is 6.42 Å². The molecule has 0 aromatic carbocycles. The highest BCUT2D eigenvalue weighted by atomic mass is 16.3. The summed E-state index contributed by atoms with van der Waals surface area (Å²) in [7, 11) is 4.09. The third kappa shape index (κ3) is 2.22. The summed E-state index contributed by atoms with van der Waals surface area (Å²) < 4.78 is 0. The molecule has 1 heterocycles. The molecule has 1 aromatic heterocycles. The van der Waals surface area contributed by atoms with Crippen LogP contribution in [0.1, 0.15) is 43.8 Å². The molecule has 2 rings (SSSR count). The number of nitrogen functional groups attached to an aromatic ring is 1. The van der Waals surface area contributed by atoms with Crippen LogP contribution >= 0.6 is 0 Å². The average molecular weight is 249 g/mol. The highest BCUT2D eigenvalue weighted by Crippen LogP contribution is 2.42. The van der Waals surface area contributed by atoms with Crippen molar-refractivity contribution in [2.75, 3.05) is 19.8 Å². The molecule has 1 unspecified atom stereocenters. The molecule has 0 spiro atoms. The van der Waals surface area contributed by atoms with E-state index in [9.17, 15) is 5.11 Å². The van der Waals surface area contributed by atoms with E-state index < -0.39 is 6.10 Å². The van der Waals surface area contributed by atoms with Crippen LogP contribution in [0.2, 0.25) is 0 Å². The zero-order chi connectivity index (χ0) is 13.2. The quantitative estimate of drug-likeness (QED) is 0.859. The predicted octanol–water partition coefficient (Wildman–Crippen LogP) is 1.96. The number of rotatable bonds is 3. The first-order chi connectivity index (χ1) is 8.58. The lowest BCUT2D eigenvalue weighted by Crippen LogP contribution is -2.50. The number of likely N-dealkylation sites (N-methyl/N-ethyl adjacent to an activating group) is 1. The van der Waals surface area contributed by atoms with Gasteiger partial charge >= 0.3 is 0 Å². The van der Waals surface area contributed by atoms with Gasteiger partial charge in [-0.2, -0.15) is 0 Å². The van der Waals surface area contributed by atoms with Crippen molar-refractivity contribution in [3.05, 3.63) is 24.0 Å². The minimum Gasteiger partial charge on any atom is -0.398 e. The van der Waals surface area contributed by atoms with E-state index in [-0.39, 0.29) is 5.54 Å². The molecule has 18 heavy (non-hydrogen) atoms. The Labute approximate surface area is 109 Å².